The zero-order chi connectivity index (χ0) is 15.0. The van der Waals surface area contributed by atoms with E-state index < -0.39 is 35.0 Å². The second kappa shape index (κ2) is 5.30. The van der Waals surface area contributed by atoms with E-state index in [1.54, 1.807) is 13.8 Å². The van der Waals surface area contributed by atoms with Crippen molar-refractivity contribution in [3.63, 3.8) is 0 Å². The molecule has 0 aliphatic carbocycles. The lowest BCUT2D eigenvalue weighted by atomic mass is 10.1. The van der Waals surface area contributed by atoms with Crippen molar-refractivity contribution in [2.75, 3.05) is 24.5 Å². The summed E-state index contributed by atoms with van der Waals surface area (Å²) in [5, 5.41) is 0. The van der Waals surface area contributed by atoms with E-state index in [0.29, 0.717) is 13.1 Å². The van der Waals surface area contributed by atoms with Crippen LogP contribution in [0.25, 0.3) is 0 Å². The van der Waals surface area contributed by atoms with E-state index in [2.05, 4.69) is 0 Å². The van der Waals surface area contributed by atoms with E-state index in [4.69, 9.17) is 0 Å². The predicted molar refractivity (Wildman–Crippen MR) is 65.6 cm³/mol. The summed E-state index contributed by atoms with van der Waals surface area (Å²) in [6, 6.07) is -0.543. The maximum Gasteiger partial charge on any atom is 0.324 e. The molecule has 20 heavy (non-hydrogen) atoms. The second-order valence-electron chi connectivity index (χ2n) is 4.44. The summed E-state index contributed by atoms with van der Waals surface area (Å²) < 4.78 is 53.9. The van der Waals surface area contributed by atoms with Crippen LogP contribution in [0.4, 0.5) is 28.0 Å². The zero-order valence-corrected chi connectivity index (χ0v) is 11.1. The van der Waals surface area contributed by atoms with E-state index in [-0.39, 0.29) is 18.5 Å². The number of nitrogens with zero attached hydrogens (tertiary/aromatic N) is 2. The summed E-state index contributed by atoms with van der Waals surface area (Å²) in [7, 11) is 0. The van der Waals surface area contributed by atoms with E-state index in [1.807, 2.05) is 0 Å². The smallest absolute Gasteiger partial charge is 0.324 e. The number of carbonyl (C=O) groups excluding carboxylic acids is 1. The predicted octanol–water partition coefficient (Wildman–Crippen LogP) is 3.07. The number of carbonyl (C=O) groups is 1. The van der Waals surface area contributed by atoms with E-state index >= 15 is 0 Å². The molecule has 110 valence electrons. The van der Waals surface area contributed by atoms with Gasteiger partial charge in [-0.05, 0) is 20.3 Å². The number of benzene rings is 1. The van der Waals surface area contributed by atoms with Gasteiger partial charge in [-0.3, -0.25) is 4.90 Å². The number of urea groups is 1. The van der Waals surface area contributed by atoms with Gasteiger partial charge in [0, 0.05) is 25.2 Å². The quantitative estimate of drug-likeness (QED) is 0.466. The number of amides is 2. The molecule has 0 radical (unpaired) electrons. The summed E-state index contributed by atoms with van der Waals surface area (Å²) >= 11 is 0. The van der Waals surface area contributed by atoms with Crippen LogP contribution in [-0.4, -0.2) is 30.6 Å². The van der Waals surface area contributed by atoms with Gasteiger partial charge in [-0.15, -0.1) is 0 Å². The molecule has 7 heteroatoms. The van der Waals surface area contributed by atoms with Crippen LogP contribution in [0.2, 0.25) is 0 Å². The first kappa shape index (κ1) is 14.6. The van der Waals surface area contributed by atoms with Crippen LogP contribution in [0.5, 0.6) is 0 Å². The molecule has 0 saturated carbocycles. The molecule has 0 N–H and O–H groups in total. The highest BCUT2D eigenvalue weighted by molar-refractivity contribution is 5.94. The molecular formula is C13H14F4N2O. The molecular weight excluding hydrogens is 276 g/mol. The Kier molecular flexibility index (Phi) is 3.87. The van der Waals surface area contributed by atoms with Gasteiger partial charge in [-0.2, -0.15) is 0 Å². The average Bonchev–Trinajstić information content (AvgIpc) is 2.88. The minimum absolute atomic E-state index is 0.00139. The van der Waals surface area contributed by atoms with Crippen molar-refractivity contribution in [3.8, 4) is 0 Å². The van der Waals surface area contributed by atoms with Crippen LogP contribution < -0.4 is 4.90 Å². The highest BCUT2D eigenvalue weighted by atomic mass is 19.2. The average molecular weight is 290 g/mol. The van der Waals surface area contributed by atoms with E-state index in [1.165, 1.54) is 4.90 Å². The molecule has 0 bridgehead atoms. The summed E-state index contributed by atoms with van der Waals surface area (Å²) in [5.41, 5.74) is -0.778. The molecule has 1 aromatic carbocycles. The van der Waals surface area contributed by atoms with Gasteiger partial charge in [-0.1, -0.05) is 0 Å². The van der Waals surface area contributed by atoms with Crippen LogP contribution in [0, 0.1) is 23.3 Å². The highest BCUT2D eigenvalue weighted by Crippen LogP contribution is 2.36. The Labute approximate surface area is 113 Å². The summed E-state index contributed by atoms with van der Waals surface area (Å²) in [5.74, 6) is -6.66. The Morgan fingerprint density at radius 1 is 1.05 bits per heavy atom. The van der Waals surface area contributed by atoms with Gasteiger partial charge < -0.3 is 4.90 Å². The minimum Gasteiger partial charge on any atom is -0.325 e. The van der Waals surface area contributed by atoms with Gasteiger partial charge in [0.25, 0.3) is 0 Å². The lowest BCUT2D eigenvalue weighted by Crippen LogP contribution is -2.42. The first-order valence-corrected chi connectivity index (χ1v) is 6.35. The molecule has 0 aromatic heterocycles. The lowest BCUT2D eigenvalue weighted by molar-refractivity contribution is 0.210. The Bertz CT molecular complexity index is 558. The SMILES string of the molecule is CCN(CC)C(=O)N1CCc2c(F)c(F)c(F)c(F)c21. The number of halogens is 4. The maximum absolute atomic E-state index is 13.8. The number of fused-ring (bicyclic) bond motifs is 1. The molecule has 0 unspecified atom stereocenters. The Hall–Kier alpha value is -1.79. The standard InChI is InChI=1S/C13H14F4N2O/c1-3-18(4-2)13(20)19-6-5-7-8(14)9(15)10(16)11(17)12(7)19/h3-6H2,1-2H3. The van der Waals surface area contributed by atoms with Crippen molar-refractivity contribution in [1.82, 2.24) is 4.90 Å². The molecule has 1 aromatic rings. The van der Waals surface area contributed by atoms with Gasteiger partial charge in [0.2, 0.25) is 0 Å². The fourth-order valence-electron chi connectivity index (χ4n) is 2.37. The van der Waals surface area contributed by atoms with Crippen molar-refractivity contribution < 1.29 is 22.4 Å². The molecule has 2 amide bonds. The van der Waals surface area contributed by atoms with Crippen LogP contribution in [-0.2, 0) is 6.42 Å². The number of hydrogen-bond acceptors (Lipinski definition) is 1. The Morgan fingerprint density at radius 2 is 1.60 bits per heavy atom. The first-order valence-electron chi connectivity index (χ1n) is 6.35. The van der Waals surface area contributed by atoms with E-state index in [0.717, 1.165) is 4.90 Å². The molecule has 1 aliphatic heterocycles. The molecule has 0 fully saturated rings. The third-order valence-electron chi connectivity index (χ3n) is 3.46. The Balaban J connectivity index is 2.50. The lowest BCUT2D eigenvalue weighted by Gasteiger charge is -2.26. The van der Waals surface area contributed by atoms with Crippen LogP contribution >= 0.6 is 0 Å². The fourth-order valence-corrected chi connectivity index (χ4v) is 2.37. The largest absolute Gasteiger partial charge is 0.325 e. The molecule has 0 saturated heterocycles. The molecule has 1 aliphatic rings. The molecule has 0 spiro atoms. The van der Waals surface area contributed by atoms with Gasteiger partial charge in [-0.25, -0.2) is 22.4 Å². The third-order valence-corrected chi connectivity index (χ3v) is 3.46. The highest BCUT2D eigenvalue weighted by Gasteiger charge is 2.36. The third kappa shape index (κ3) is 2.01. The van der Waals surface area contributed by atoms with Gasteiger partial charge in [0.05, 0.1) is 5.69 Å². The molecule has 1 heterocycles. The normalized spacial score (nSPS) is 13.6. The van der Waals surface area contributed by atoms with Gasteiger partial charge in [0.15, 0.2) is 23.3 Å². The number of anilines is 1. The van der Waals surface area contributed by atoms with Crippen molar-refractivity contribution >= 4 is 11.7 Å². The fraction of sp³-hybridized carbons (Fsp3) is 0.462. The zero-order valence-electron chi connectivity index (χ0n) is 11.1. The van der Waals surface area contributed by atoms with Crippen molar-refractivity contribution in [2.45, 2.75) is 20.3 Å². The van der Waals surface area contributed by atoms with Crippen molar-refractivity contribution in [3.05, 3.63) is 28.8 Å². The monoisotopic (exact) mass is 290 g/mol. The molecule has 0 atom stereocenters. The maximum atomic E-state index is 13.8. The van der Waals surface area contributed by atoms with Gasteiger partial charge >= 0.3 is 6.03 Å². The minimum atomic E-state index is -1.89. The van der Waals surface area contributed by atoms with Crippen molar-refractivity contribution in [2.24, 2.45) is 0 Å². The topological polar surface area (TPSA) is 23.6 Å². The molecule has 2 rings (SSSR count). The summed E-state index contributed by atoms with van der Waals surface area (Å²) in [6.07, 6.45) is -0.0394. The van der Waals surface area contributed by atoms with Crippen LogP contribution in [0.3, 0.4) is 0 Å². The molecule has 3 nitrogen and oxygen atoms in total. The van der Waals surface area contributed by atoms with Crippen LogP contribution in [0.15, 0.2) is 0 Å². The second-order valence-corrected chi connectivity index (χ2v) is 4.44. The van der Waals surface area contributed by atoms with E-state index in [9.17, 15) is 22.4 Å². The summed E-state index contributed by atoms with van der Waals surface area (Å²) in [6.45, 7) is 4.24. The van der Waals surface area contributed by atoms with Crippen molar-refractivity contribution in [1.29, 1.82) is 0 Å². The van der Waals surface area contributed by atoms with Crippen LogP contribution in [0.1, 0.15) is 19.4 Å². The Morgan fingerprint density at radius 3 is 2.15 bits per heavy atom. The number of hydrogen-bond donors (Lipinski definition) is 0. The van der Waals surface area contributed by atoms with Gasteiger partial charge in [0.1, 0.15) is 0 Å². The summed E-state index contributed by atoms with van der Waals surface area (Å²) in [4.78, 5) is 14.5. The first-order chi connectivity index (χ1) is 9.43. The number of rotatable bonds is 2.